The van der Waals surface area contributed by atoms with Crippen LogP contribution < -0.4 is 20.3 Å². The van der Waals surface area contributed by atoms with Crippen LogP contribution in [0.1, 0.15) is 15.9 Å². The summed E-state index contributed by atoms with van der Waals surface area (Å²) < 4.78 is 41.2. The van der Waals surface area contributed by atoms with E-state index in [0.717, 1.165) is 49.6 Å². The van der Waals surface area contributed by atoms with Crippen molar-refractivity contribution >= 4 is 27.3 Å². The lowest BCUT2D eigenvalue weighted by molar-refractivity contribution is 0.0951. The van der Waals surface area contributed by atoms with Crippen molar-refractivity contribution in [2.75, 3.05) is 35.8 Å². The van der Waals surface area contributed by atoms with Crippen LogP contribution in [0.15, 0.2) is 77.7 Å². The Balaban J connectivity index is 1.61. The lowest BCUT2D eigenvalue weighted by Gasteiger charge is -2.31. The maximum atomic E-state index is 13.2. The molecule has 1 fully saturated rings. The smallest absolute Gasteiger partial charge is 0.261 e. The highest BCUT2D eigenvalue weighted by atomic mass is 32.2. The zero-order valence-corrected chi connectivity index (χ0v) is 18.7. The predicted octanol–water partition coefficient (Wildman–Crippen LogP) is 2.97. The molecule has 0 radical (unpaired) electrons. The molecule has 0 spiro atoms. The van der Waals surface area contributed by atoms with Crippen LogP contribution in [-0.2, 0) is 16.6 Å². The molecule has 9 heteroatoms. The largest absolute Gasteiger partial charge is 0.368 e. The summed E-state index contributed by atoms with van der Waals surface area (Å²) in [5, 5.41) is 6.21. The summed E-state index contributed by atoms with van der Waals surface area (Å²) in [6.07, 6.45) is 0. The second-order valence-corrected chi connectivity index (χ2v) is 9.38. The summed E-state index contributed by atoms with van der Waals surface area (Å²) in [4.78, 5) is 15.2. The summed E-state index contributed by atoms with van der Waals surface area (Å²) in [5.41, 5.74) is 2.34. The van der Waals surface area contributed by atoms with Crippen LogP contribution in [0.5, 0.6) is 0 Å². The molecule has 1 amide bonds. The summed E-state index contributed by atoms with van der Waals surface area (Å²) >= 11 is 0. The van der Waals surface area contributed by atoms with Gasteiger partial charge >= 0.3 is 0 Å². The highest BCUT2D eigenvalue weighted by Gasteiger charge is 2.21. The molecular weight excluding hydrogens is 443 g/mol. The van der Waals surface area contributed by atoms with Gasteiger partial charge in [-0.3, -0.25) is 9.52 Å². The number of nitrogens with zero attached hydrogens (tertiary/aromatic N) is 1. The Kier molecular flexibility index (Phi) is 6.90. The quantitative estimate of drug-likeness (QED) is 0.496. The monoisotopic (exact) mass is 468 g/mol. The number of benzene rings is 3. The van der Waals surface area contributed by atoms with E-state index in [9.17, 15) is 17.6 Å². The summed E-state index contributed by atoms with van der Waals surface area (Å²) in [6, 6.07) is 19.0. The van der Waals surface area contributed by atoms with Gasteiger partial charge < -0.3 is 15.5 Å². The Morgan fingerprint density at radius 1 is 0.970 bits per heavy atom. The highest BCUT2D eigenvalue weighted by molar-refractivity contribution is 7.92. The highest BCUT2D eigenvalue weighted by Crippen LogP contribution is 2.27. The van der Waals surface area contributed by atoms with E-state index in [1.165, 1.54) is 12.1 Å². The van der Waals surface area contributed by atoms with Gasteiger partial charge in [-0.2, -0.15) is 0 Å². The molecule has 3 aromatic carbocycles. The van der Waals surface area contributed by atoms with E-state index in [4.69, 9.17) is 0 Å². The number of amides is 1. The Labute approximate surface area is 192 Å². The molecular formula is C24H25FN4O3S. The van der Waals surface area contributed by atoms with Gasteiger partial charge in [0.2, 0.25) is 0 Å². The van der Waals surface area contributed by atoms with Gasteiger partial charge in [0.15, 0.2) is 0 Å². The van der Waals surface area contributed by atoms with Crippen LogP contribution in [0.25, 0.3) is 0 Å². The standard InChI is InChI=1S/C24H25FN4O3S/c25-19-6-9-21(10-7-19)33(31,32)28-20-8-11-23(29-14-12-26-13-15-29)22(16-20)24(30)27-17-18-4-2-1-3-5-18/h1-11,16,26,28H,12-15,17H2,(H,27,30). The minimum absolute atomic E-state index is 0.0647. The van der Waals surface area contributed by atoms with E-state index < -0.39 is 15.8 Å². The fourth-order valence-corrected chi connectivity index (χ4v) is 4.71. The van der Waals surface area contributed by atoms with Gasteiger partial charge in [-0.1, -0.05) is 30.3 Å². The molecule has 0 atom stereocenters. The number of carbonyl (C=O) groups excluding carboxylic acids is 1. The molecule has 0 unspecified atom stereocenters. The molecule has 3 N–H and O–H groups in total. The first-order chi connectivity index (χ1) is 15.9. The van der Waals surface area contributed by atoms with E-state index in [0.29, 0.717) is 12.1 Å². The number of hydrogen-bond acceptors (Lipinski definition) is 5. The number of hydrogen-bond donors (Lipinski definition) is 3. The first kappa shape index (κ1) is 22.8. The molecule has 172 valence electrons. The van der Waals surface area contributed by atoms with Gasteiger partial charge in [0.1, 0.15) is 5.82 Å². The van der Waals surface area contributed by atoms with E-state index in [2.05, 4.69) is 20.3 Å². The van der Waals surface area contributed by atoms with Crippen LogP contribution in [0.3, 0.4) is 0 Å². The molecule has 1 saturated heterocycles. The number of halogens is 1. The topological polar surface area (TPSA) is 90.5 Å². The molecule has 0 aromatic heterocycles. The second-order valence-electron chi connectivity index (χ2n) is 7.70. The number of sulfonamides is 1. The van der Waals surface area contributed by atoms with Crippen molar-refractivity contribution in [1.82, 2.24) is 10.6 Å². The van der Waals surface area contributed by atoms with Crippen LogP contribution in [0.2, 0.25) is 0 Å². The molecule has 4 rings (SSSR count). The van der Waals surface area contributed by atoms with Crippen LogP contribution in [0, 0.1) is 5.82 Å². The van der Waals surface area contributed by atoms with Crippen molar-refractivity contribution < 1.29 is 17.6 Å². The molecule has 0 bridgehead atoms. The van der Waals surface area contributed by atoms with Crippen molar-refractivity contribution in [2.45, 2.75) is 11.4 Å². The van der Waals surface area contributed by atoms with Gasteiger partial charge in [-0.25, -0.2) is 12.8 Å². The number of anilines is 2. The summed E-state index contributed by atoms with van der Waals surface area (Å²) in [5.74, 6) is -0.818. The Bertz CT molecular complexity index is 1210. The summed E-state index contributed by atoms with van der Waals surface area (Å²) in [7, 11) is -3.94. The SMILES string of the molecule is O=C(NCc1ccccc1)c1cc(NS(=O)(=O)c2ccc(F)cc2)ccc1N1CCNCC1. The fourth-order valence-electron chi connectivity index (χ4n) is 3.66. The number of rotatable bonds is 7. The number of nitrogens with one attached hydrogen (secondary N) is 3. The third kappa shape index (κ3) is 5.68. The first-order valence-corrected chi connectivity index (χ1v) is 12.1. The maximum Gasteiger partial charge on any atom is 0.261 e. The fraction of sp³-hybridized carbons (Fsp3) is 0.208. The van der Waals surface area contributed by atoms with Crippen molar-refractivity contribution in [2.24, 2.45) is 0 Å². The van der Waals surface area contributed by atoms with Crippen molar-refractivity contribution in [1.29, 1.82) is 0 Å². The third-order valence-corrected chi connectivity index (χ3v) is 6.77. The summed E-state index contributed by atoms with van der Waals surface area (Å²) in [6.45, 7) is 3.42. The van der Waals surface area contributed by atoms with Gasteiger partial charge in [0, 0.05) is 44.1 Å². The molecule has 0 aliphatic carbocycles. The number of piperazine rings is 1. The average Bonchev–Trinajstić information content (AvgIpc) is 2.84. The molecule has 0 saturated carbocycles. The van der Waals surface area contributed by atoms with Crippen LogP contribution in [-0.4, -0.2) is 40.5 Å². The zero-order chi connectivity index (χ0) is 23.3. The minimum Gasteiger partial charge on any atom is -0.368 e. The molecule has 7 nitrogen and oxygen atoms in total. The number of carbonyl (C=O) groups is 1. The Hall–Kier alpha value is -3.43. The van der Waals surface area contributed by atoms with Gasteiger partial charge in [-0.05, 0) is 48.0 Å². The Morgan fingerprint density at radius 2 is 1.67 bits per heavy atom. The molecule has 33 heavy (non-hydrogen) atoms. The maximum absolute atomic E-state index is 13.2. The van der Waals surface area contributed by atoms with E-state index in [-0.39, 0.29) is 16.5 Å². The molecule has 3 aromatic rings. The molecule has 1 heterocycles. The Morgan fingerprint density at radius 3 is 2.36 bits per heavy atom. The van der Waals surface area contributed by atoms with Gasteiger partial charge in [0.05, 0.1) is 10.5 Å². The van der Waals surface area contributed by atoms with Gasteiger partial charge in [-0.15, -0.1) is 0 Å². The third-order valence-electron chi connectivity index (χ3n) is 5.37. The second kappa shape index (κ2) is 10.0. The zero-order valence-electron chi connectivity index (χ0n) is 17.9. The minimum atomic E-state index is -3.94. The van der Waals surface area contributed by atoms with E-state index in [1.54, 1.807) is 18.2 Å². The normalized spacial score (nSPS) is 14.0. The van der Waals surface area contributed by atoms with Crippen molar-refractivity contribution in [3.05, 3.63) is 89.7 Å². The first-order valence-electron chi connectivity index (χ1n) is 10.6. The predicted molar refractivity (Wildman–Crippen MR) is 126 cm³/mol. The van der Waals surface area contributed by atoms with Crippen LogP contribution in [0.4, 0.5) is 15.8 Å². The average molecular weight is 469 g/mol. The van der Waals surface area contributed by atoms with Crippen LogP contribution >= 0.6 is 0 Å². The molecule has 1 aliphatic rings. The lowest BCUT2D eigenvalue weighted by Crippen LogP contribution is -2.44. The lowest BCUT2D eigenvalue weighted by atomic mass is 10.1. The van der Waals surface area contributed by atoms with Gasteiger partial charge in [0.25, 0.3) is 15.9 Å². The van der Waals surface area contributed by atoms with Crippen molar-refractivity contribution in [3.8, 4) is 0 Å². The van der Waals surface area contributed by atoms with E-state index in [1.807, 2.05) is 30.3 Å². The van der Waals surface area contributed by atoms with Crippen molar-refractivity contribution in [3.63, 3.8) is 0 Å². The van der Waals surface area contributed by atoms with E-state index >= 15 is 0 Å². The molecule has 1 aliphatic heterocycles.